The molecule has 0 spiro atoms. The fraction of sp³-hybridized carbons (Fsp3) is 1.00. The minimum Gasteiger partial charge on any atom is -0.566 e. The van der Waals surface area contributed by atoms with E-state index in [4.69, 9.17) is 0 Å². The van der Waals surface area contributed by atoms with E-state index in [9.17, 15) is 18.9 Å². The van der Waals surface area contributed by atoms with Crippen LogP contribution in [0.3, 0.4) is 0 Å². The average molecular weight is 248 g/mol. The maximum atomic E-state index is 9.83. The van der Waals surface area contributed by atoms with Crippen molar-refractivity contribution >= 4 is 16.5 Å². The molecular formula is C4H14N2O6P2. The van der Waals surface area contributed by atoms with Crippen LogP contribution < -0.4 is 22.1 Å². The first-order chi connectivity index (χ1) is 5.63. The Bertz CT molecular complexity index is 150. The lowest BCUT2D eigenvalue weighted by atomic mass is 10.3. The smallest absolute Gasteiger partial charge is 0.488 e. The van der Waals surface area contributed by atoms with Crippen LogP contribution in [0.1, 0.15) is 12.8 Å². The van der Waals surface area contributed by atoms with Gasteiger partial charge in [-0.1, -0.05) is 0 Å². The molecule has 2 unspecified atom stereocenters. The number of hydrogen-bond donors (Lipinski definition) is 2. The normalized spacial score (nSPS) is 11.0. The molecule has 0 aliphatic carbocycles. The highest BCUT2D eigenvalue weighted by Gasteiger charge is 2.02. The van der Waals surface area contributed by atoms with E-state index in [0.29, 0.717) is 12.8 Å². The third kappa shape index (κ3) is 17.9. The van der Waals surface area contributed by atoms with Crippen LogP contribution in [0.2, 0.25) is 0 Å². The summed E-state index contributed by atoms with van der Waals surface area (Å²) < 4.78 is 28.0. The summed E-state index contributed by atoms with van der Waals surface area (Å²) in [5.74, 6) is 0. The molecule has 0 rings (SSSR count). The summed E-state index contributed by atoms with van der Waals surface area (Å²) in [7, 11) is -5.59. The van der Waals surface area contributed by atoms with Gasteiger partial charge in [-0.3, -0.25) is 0 Å². The molecule has 0 radical (unpaired) electrons. The maximum Gasteiger partial charge on any atom is 0.488 e. The Morgan fingerprint density at radius 2 is 1.14 bits per heavy atom. The van der Waals surface area contributed by atoms with E-state index < -0.39 is 16.5 Å². The van der Waals surface area contributed by atoms with Gasteiger partial charge in [0, 0.05) is 0 Å². The van der Waals surface area contributed by atoms with Crippen LogP contribution in [0.25, 0.3) is 0 Å². The molecule has 0 aromatic heterocycles. The minimum absolute atomic E-state index is 0. The molecule has 0 heterocycles. The summed E-state index contributed by atoms with van der Waals surface area (Å²) >= 11 is 0. The van der Waals surface area contributed by atoms with Crippen LogP contribution in [0.5, 0.6) is 0 Å². The zero-order valence-electron chi connectivity index (χ0n) is 7.59. The van der Waals surface area contributed by atoms with Crippen LogP contribution in [0.4, 0.5) is 0 Å². The van der Waals surface area contributed by atoms with Crippen LogP contribution in [-0.2, 0) is 18.2 Å². The lowest BCUT2D eigenvalue weighted by molar-refractivity contribution is -0.187. The topological polar surface area (TPSA) is 169 Å². The van der Waals surface area contributed by atoms with Gasteiger partial charge in [0.05, 0.1) is 0 Å². The van der Waals surface area contributed by atoms with Crippen molar-refractivity contribution in [3.05, 3.63) is 0 Å². The van der Waals surface area contributed by atoms with Gasteiger partial charge in [0.1, 0.15) is 13.2 Å². The quantitative estimate of drug-likeness (QED) is 0.473. The molecule has 0 saturated carbocycles. The molecule has 0 aromatic rings. The van der Waals surface area contributed by atoms with E-state index in [0.717, 1.165) is 0 Å². The van der Waals surface area contributed by atoms with Gasteiger partial charge in [0.25, 0.3) is 0 Å². The lowest BCUT2D eigenvalue weighted by Crippen LogP contribution is -1.98. The predicted molar refractivity (Wildman–Crippen MR) is 46.4 cm³/mol. The molecule has 0 aromatic carbocycles. The summed E-state index contributed by atoms with van der Waals surface area (Å²) in [5, 5.41) is 0. The molecule has 8 nitrogen and oxygen atoms in total. The van der Waals surface area contributed by atoms with E-state index in [1.807, 2.05) is 0 Å². The fourth-order valence-corrected chi connectivity index (χ4v) is 1.04. The molecule has 0 bridgehead atoms. The van der Waals surface area contributed by atoms with Crippen LogP contribution >= 0.6 is 16.5 Å². The summed E-state index contributed by atoms with van der Waals surface area (Å²) in [5.41, 5.74) is 0. The van der Waals surface area contributed by atoms with E-state index in [1.54, 1.807) is 0 Å². The van der Waals surface area contributed by atoms with Crippen LogP contribution in [-0.4, -0.2) is 13.2 Å². The zero-order chi connectivity index (χ0) is 9.40. The summed E-state index contributed by atoms with van der Waals surface area (Å²) in [6.45, 7) is 0.134. The van der Waals surface area contributed by atoms with Gasteiger partial charge >= 0.3 is 16.5 Å². The van der Waals surface area contributed by atoms with E-state index in [-0.39, 0.29) is 25.5 Å². The van der Waals surface area contributed by atoms with Crippen molar-refractivity contribution in [2.24, 2.45) is 0 Å². The fourth-order valence-electron chi connectivity index (χ4n) is 0.482. The second-order valence-electron chi connectivity index (χ2n) is 1.82. The Balaban J connectivity index is -0.000000605. The first-order valence-electron chi connectivity index (χ1n) is 3.17. The molecule has 0 amide bonds. The third-order valence-corrected chi connectivity index (χ3v) is 1.72. The predicted octanol–water partition coefficient (Wildman–Crippen LogP) is 0.159. The largest absolute Gasteiger partial charge is 0.566 e. The van der Waals surface area contributed by atoms with Crippen molar-refractivity contribution in [1.82, 2.24) is 12.3 Å². The highest BCUT2D eigenvalue weighted by molar-refractivity contribution is 7.30. The highest BCUT2D eigenvalue weighted by atomic mass is 31.1. The van der Waals surface area contributed by atoms with Crippen LogP contribution in [0, 0.1) is 0 Å². The molecule has 0 aliphatic heterocycles. The molecular weight excluding hydrogens is 234 g/mol. The molecule has 0 fully saturated rings. The second kappa shape index (κ2) is 13.0. The molecule has 14 heavy (non-hydrogen) atoms. The molecule has 6 N–H and O–H groups in total. The van der Waals surface area contributed by atoms with Gasteiger partial charge < -0.3 is 22.1 Å². The molecule has 2 atom stereocenters. The first-order valence-corrected chi connectivity index (χ1v) is 5.36. The van der Waals surface area contributed by atoms with E-state index in [1.165, 1.54) is 0 Å². The van der Waals surface area contributed by atoms with E-state index in [2.05, 4.69) is 9.05 Å². The molecule has 0 saturated heterocycles. The third-order valence-electron chi connectivity index (χ3n) is 0.932. The first kappa shape index (κ1) is 19.5. The number of unbranched alkanes of at least 4 members (excludes halogenated alkanes) is 1. The van der Waals surface area contributed by atoms with Gasteiger partial charge in [-0.15, -0.1) is 9.05 Å². The van der Waals surface area contributed by atoms with Crippen molar-refractivity contribution in [1.29, 1.82) is 0 Å². The highest BCUT2D eigenvalue weighted by Crippen LogP contribution is 2.12. The lowest BCUT2D eigenvalue weighted by Gasteiger charge is -1.93. The second-order valence-corrected chi connectivity index (χ2v) is 3.23. The van der Waals surface area contributed by atoms with Gasteiger partial charge in [-0.05, 0) is 22.0 Å². The molecule has 86 valence electrons. The number of hydrogen-bond acceptors (Lipinski definition) is 8. The van der Waals surface area contributed by atoms with Crippen LogP contribution in [0.15, 0.2) is 0 Å². The Hall–Kier alpha value is -0.0400. The molecule has 10 heteroatoms. The number of rotatable bonds is 7. The van der Waals surface area contributed by atoms with Crippen molar-refractivity contribution in [3.8, 4) is 0 Å². The summed E-state index contributed by atoms with van der Waals surface area (Å²) in [4.78, 5) is 19.7. The van der Waals surface area contributed by atoms with Crippen molar-refractivity contribution in [2.75, 3.05) is 13.2 Å². The zero-order valence-corrected chi connectivity index (χ0v) is 9.38. The van der Waals surface area contributed by atoms with Crippen molar-refractivity contribution < 1.29 is 28.0 Å². The SMILES string of the molecule is N.N.O=[P+]([O-])OCCCCO[P+](=O)[O-]. The Morgan fingerprint density at radius 1 is 0.857 bits per heavy atom. The maximum absolute atomic E-state index is 9.83. The van der Waals surface area contributed by atoms with Gasteiger partial charge in [0.15, 0.2) is 0 Å². The average Bonchev–Trinajstić information content (AvgIpc) is 1.95. The Kier molecular flexibility index (Phi) is 18.1. The van der Waals surface area contributed by atoms with Crippen molar-refractivity contribution in [2.45, 2.75) is 12.8 Å². The Labute approximate surface area is 83.7 Å². The molecule has 0 aliphatic rings. The Morgan fingerprint density at radius 3 is 1.36 bits per heavy atom. The van der Waals surface area contributed by atoms with Crippen molar-refractivity contribution in [3.63, 3.8) is 0 Å². The van der Waals surface area contributed by atoms with E-state index >= 15 is 0 Å². The van der Waals surface area contributed by atoms with Gasteiger partial charge in [0.2, 0.25) is 0 Å². The van der Waals surface area contributed by atoms with Gasteiger partial charge in [-0.25, -0.2) is 0 Å². The van der Waals surface area contributed by atoms with Gasteiger partial charge in [-0.2, -0.15) is 0 Å². The monoisotopic (exact) mass is 248 g/mol. The minimum atomic E-state index is -2.79. The summed E-state index contributed by atoms with van der Waals surface area (Å²) in [6, 6.07) is 0. The standard InChI is InChI=1S/C4H8O6P2.2H3N/c5-11(6)9-3-1-2-4-10-12(7)8;;/h1-4H2;2*1H3. The summed E-state index contributed by atoms with van der Waals surface area (Å²) in [6.07, 6.45) is 0.902.